The first-order valence-corrected chi connectivity index (χ1v) is 5.84. The summed E-state index contributed by atoms with van der Waals surface area (Å²) in [7, 11) is 5.93. The van der Waals surface area contributed by atoms with Crippen LogP contribution in [-0.4, -0.2) is 40.3 Å². The van der Waals surface area contributed by atoms with Crippen molar-refractivity contribution in [2.24, 2.45) is 0 Å². The number of aromatic nitrogens is 3. The van der Waals surface area contributed by atoms with E-state index in [-0.39, 0.29) is 18.8 Å². The molecule has 3 N–H and O–H groups in total. The minimum absolute atomic E-state index is 0.0341. The maximum Gasteiger partial charge on any atom is 0.150 e. The Morgan fingerprint density at radius 3 is 3.11 bits per heavy atom. The van der Waals surface area contributed by atoms with Crippen molar-refractivity contribution in [2.75, 3.05) is 12.3 Å². The number of nitrogens with zero attached hydrogens (tertiary/aromatic N) is 3. The Bertz CT molecular complexity index is 586. The topological polar surface area (TPSA) is 85.7 Å². The molecule has 1 fully saturated rings. The zero-order valence-corrected chi connectivity index (χ0v) is 9.78. The molecule has 0 aromatic carbocycles. The van der Waals surface area contributed by atoms with E-state index in [4.69, 9.17) is 23.4 Å². The minimum Gasteiger partial charge on any atom is -0.394 e. The van der Waals surface area contributed by atoms with Crippen LogP contribution in [0.5, 0.6) is 0 Å². The van der Waals surface area contributed by atoms with Crippen molar-refractivity contribution in [1.29, 1.82) is 0 Å². The van der Waals surface area contributed by atoms with Gasteiger partial charge in [0.05, 0.1) is 18.4 Å². The van der Waals surface area contributed by atoms with E-state index in [2.05, 4.69) is 10.1 Å². The van der Waals surface area contributed by atoms with E-state index in [9.17, 15) is 0 Å². The molecule has 2 aromatic heterocycles. The van der Waals surface area contributed by atoms with Gasteiger partial charge in [-0.05, 0) is 18.9 Å². The van der Waals surface area contributed by atoms with Crippen molar-refractivity contribution in [3.8, 4) is 0 Å². The van der Waals surface area contributed by atoms with E-state index >= 15 is 0 Å². The van der Waals surface area contributed by atoms with Crippen LogP contribution in [0.2, 0.25) is 0 Å². The van der Waals surface area contributed by atoms with E-state index < -0.39 is 0 Å². The number of aliphatic hydroxyl groups excluding tert-OH is 1. The average Bonchev–Trinajstić information content (AvgIpc) is 2.94. The summed E-state index contributed by atoms with van der Waals surface area (Å²) in [4.78, 5) is 3.92. The molecule has 2 aromatic rings. The molecule has 0 amide bonds. The lowest BCUT2D eigenvalue weighted by molar-refractivity contribution is 0.00857. The molecule has 0 spiro atoms. The summed E-state index contributed by atoms with van der Waals surface area (Å²) in [6, 6.07) is 1.81. The summed E-state index contributed by atoms with van der Waals surface area (Å²) in [6.07, 6.45) is 2.83. The Hall–Kier alpha value is -1.60. The maximum absolute atomic E-state index is 9.09. The lowest BCUT2D eigenvalue weighted by Gasteiger charge is -2.11. The molecule has 3 rings (SSSR count). The average molecular weight is 244 g/mol. The van der Waals surface area contributed by atoms with Crippen LogP contribution in [0.1, 0.15) is 24.6 Å². The van der Waals surface area contributed by atoms with Gasteiger partial charge < -0.3 is 15.6 Å². The van der Waals surface area contributed by atoms with Gasteiger partial charge in [0.1, 0.15) is 25.8 Å². The highest BCUT2D eigenvalue weighted by Gasteiger charge is 2.29. The second-order valence-electron chi connectivity index (χ2n) is 4.44. The molecule has 0 aliphatic carbocycles. The standard InChI is InChI=1S/C11H13BN4O2/c12-7-3-8(9-2-1-6(4-17)18-9)16-10(7)11(13)14-5-15-16/h3,5-6,9,17H,1-2,4H2,(H2,13,14,15). The second kappa shape index (κ2) is 4.26. The lowest BCUT2D eigenvalue weighted by Crippen LogP contribution is -2.12. The molecule has 7 heteroatoms. The van der Waals surface area contributed by atoms with E-state index in [0.29, 0.717) is 16.8 Å². The van der Waals surface area contributed by atoms with Crippen molar-refractivity contribution in [1.82, 2.24) is 14.6 Å². The quantitative estimate of drug-likeness (QED) is 0.683. The van der Waals surface area contributed by atoms with Crippen LogP contribution in [0.15, 0.2) is 12.4 Å². The zero-order chi connectivity index (χ0) is 12.7. The predicted octanol–water partition coefficient (Wildman–Crippen LogP) is -0.682. The molecule has 18 heavy (non-hydrogen) atoms. The Balaban J connectivity index is 2.06. The van der Waals surface area contributed by atoms with Gasteiger partial charge in [0.15, 0.2) is 5.82 Å². The van der Waals surface area contributed by atoms with E-state index in [0.717, 1.165) is 18.5 Å². The first-order valence-electron chi connectivity index (χ1n) is 5.84. The lowest BCUT2D eigenvalue weighted by atomic mass is 9.97. The van der Waals surface area contributed by atoms with Crippen LogP contribution in [0.3, 0.4) is 0 Å². The molecule has 2 radical (unpaired) electrons. The molecule has 92 valence electrons. The fourth-order valence-electron chi connectivity index (χ4n) is 2.41. The van der Waals surface area contributed by atoms with Crippen molar-refractivity contribution in [2.45, 2.75) is 25.0 Å². The normalized spacial score (nSPS) is 23.8. The highest BCUT2D eigenvalue weighted by Crippen LogP contribution is 2.32. The highest BCUT2D eigenvalue weighted by molar-refractivity contribution is 6.37. The SMILES string of the molecule is [B]c1cc(C2CCC(CO)O2)n2ncnc(N)c12. The monoisotopic (exact) mass is 244 g/mol. The predicted molar refractivity (Wildman–Crippen MR) is 66.7 cm³/mol. The molecule has 1 aliphatic rings. The highest BCUT2D eigenvalue weighted by atomic mass is 16.5. The molecule has 3 heterocycles. The third kappa shape index (κ3) is 1.67. The minimum atomic E-state index is -0.110. The summed E-state index contributed by atoms with van der Waals surface area (Å²) in [5.74, 6) is 0.352. The summed E-state index contributed by atoms with van der Waals surface area (Å²) < 4.78 is 7.40. The van der Waals surface area contributed by atoms with E-state index in [1.54, 1.807) is 4.52 Å². The van der Waals surface area contributed by atoms with Crippen LogP contribution in [0, 0.1) is 0 Å². The number of ether oxygens (including phenoxy) is 1. The number of anilines is 1. The molecule has 0 bridgehead atoms. The first kappa shape index (κ1) is 11.5. The first-order chi connectivity index (χ1) is 8.70. The van der Waals surface area contributed by atoms with E-state index in [1.165, 1.54) is 6.33 Å². The number of aliphatic hydroxyl groups is 1. The Morgan fingerprint density at radius 2 is 2.39 bits per heavy atom. The Kier molecular flexibility index (Phi) is 2.72. The number of hydrogen-bond donors (Lipinski definition) is 2. The summed E-state index contributed by atoms with van der Waals surface area (Å²) in [6.45, 7) is 0.0341. The summed E-state index contributed by atoms with van der Waals surface area (Å²) >= 11 is 0. The van der Waals surface area contributed by atoms with E-state index in [1.807, 2.05) is 6.07 Å². The Labute approximate surface area is 105 Å². The van der Waals surface area contributed by atoms with Gasteiger partial charge in [0, 0.05) is 0 Å². The third-order valence-electron chi connectivity index (χ3n) is 3.28. The number of nitrogen functional groups attached to an aromatic ring is 1. The van der Waals surface area contributed by atoms with Crippen molar-refractivity contribution < 1.29 is 9.84 Å². The largest absolute Gasteiger partial charge is 0.394 e. The number of fused-ring (bicyclic) bond motifs is 1. The van der Waals surface area contributed by atoms with Crippen molar-refractivity contribution in [3.05, 3.63) is 18.1 Å². The van der Waals surface area contributed by atoms with Gasteiger partial charge in [-0.15, -0.1) is 0 Å². The van der Waals surface area contributed by atoms with Gasteiger partial charge in [-0.3, -0.25) is 0 Å². The fourth-order valence-corrected chi connectivity index (χ4v) is 2.41. The van der Waals surface area contributed by atoms with Crippen molar-refractivity contribution in [3.63, 3.8) is 0 Å². The van der Waals surface area contributed by atoms with Crippen LogP contribution in [-0.2, 0) is 4.74 Å². The van der Waals surface area contributed by atoms with Gasteiger partial charge in [-0.1, -0.05) is 5.46 Å². The molecular formula is C11H13BN4O2. The van der Waals surface area contributed by atoms with Crippen LogP contribution < -0.4 is 11.2 Å². The zero-order valence-electron chi connectivity index (χ0n) is 9.78. The maximum atomic E-state index is 9.09. The molecule has 1 saturated heterocycles. The van der Waals surface area contributed by atoms with Crippen LogP contribution in [0.25, 0.3) is 5.52 Å². The van der Waals surface area contributed by atoms with Gasteiger partial charge in [0.2, 0.25) is 0 Å². The number of nitrogens with two attached hydrogens (primary N) is 1. The number of rotatable bonds is 2. The molecule has 0 saturated carbocycles. The molecular weight excluding hydrogens is 231 g/mol. The smallest absolute Gasteiger partial charge is 0.150 e. The molecule has 2 atom stereocenters. The Morgan fingerprint density at radius 1 is 1.56 bits per heavy atom. The summed E-state index contributed by atoms with van der Waals surface area (Å²) in [5.41, 5.74) is 7.80. The third-order valence-corrected chi connectivity index (χ3v) is 3.28. The molecule has 1 aliphatic heterocycles. The summed E-state index contributed by atoms with van der Waals surface area (Å²) in [5, 5.41) is 13.3. The van der Waals surface area contributed by atoms with Gasteiger partial charge in [0.25, 0.3) is 0 Å². The van der Waals surface area contributed by atoms with Gasteiger partial charge >= 0.3 is 0 Å². The molecule has 6 nitrogen and oxygen atoms in total. The van der Waals surface area contributed by atoms with Gasteiger partial charge in [-0.25, -0.2) is 9.50 Å². The van der Waals surface area contributed by atoms with Crippen molar-refractivity contribution >= 4 is 24.6 Å². The fraction of sp³-hybridized carbons (Fsp3) is 0.455. The second-order valence-corrected chi connectivity index (χ2v) is 4.44. The molecule has 2 unspecified atom stereocenters. The van der Waals surface area contributed by atoms with Crippen LogP contribution in [0.4, 0.5) is 5.82 Å². The van der Waals surface area contributed by atoms with Gasteiger partial charge in [-0.2, -0.15) is 5.10 Å². The number of hydrogen-bond acceptors (Lipinski definition) is 5. The van der Waals surface area contributed by atoms with Crippen LogP contribution >= 0.6 is 0 Å².